The van der Waals surface area contributed by atoms with Crippen LogP contribution in [0.25, 0.3) is 10.9 Å². The normalized spacial score (nSPS) is 10.6. The minimum atomic E-state index is 0.662. The second-order valence-corrected chi connectivity index (χ2v) is 4.42. The maximum atomic E-state index is 9.22. The van der Waals surface area contributed by atoms with Crippen LogP contribution in [0.15, 0.2) is 18.2 Å². The average Bonchev–Trinajstić information content (AvgIpc) is 2.66. The Labute approximate surface area is 105 Å². The minimum absolute atomic E-state index is 0.662. The van der Waals surface area contributed by atoms with E-state index < -0.39 is 0 Å². The van der Waals surface area contributed by atoms with Gasteiger partial charge in [0.15, 0.2) is 0 Å². The van der Waals surface area contributed by atoms with Gasteiger partial charge in [-0.25, -0.2) is 0 Å². The predicted molar refractivity (Wildman–Crippen MR) is 70.3 cm³/mol. The number of nitriles is 1. The topological polar surface area (TPSA) is 51.6 Å². The van der Waals surface area contributed by atoms with E-state index in [0.717, 1.165) is 41.5 Å². The highest BCUT2D eigenvalue weighted by Crippen LogP contribution is 2.25. The summed E-state index contributed by atoms with van der Waals surface area (Å²) in [4.78, 5) is 3.29. The zero-order valence-corrected chi connectivity index (χ0v) is 10.4. The molecule has 0 aliphatic rings. The van der Waals surface area contributed by atoms with E-state index >= 15 is 0 Å². The molecule has 17 heavy (non-hydrogen) atoms. The molecule has 1 heterocycles. The Morgan fingerprint density at radius 2 is 2.29 bits per heavy atom. The molecule has 0 aliphatic heterocycles. The first-order valence-electron chi connectivity index (χ1n) is 5.61. The first-order valence-corrected chi connectivity index (χ1v) is 5.99. The number of aromatic nitrogens is 1. The quantitative estimate of drug-likeness (QED) is 0.817. The Bertz CT molecular complexity index is 566. The molecule has 2 aromatic rings. The Morgan fingerprint density at radius 1 is 1.47 bits per heavy atom. The fourth-order valence-electron chi connectivity index (χ4n) is 1.98. The lowest BCUT2D eigenvalue weighted by molar-refractivity contribution is 0.717. The molecular formula is C13H14ClN3. The van der Waals surface area contributed by atoms with Gasteiger partial charge >= 0.3 is 0 Å². The van der Waals surface area contributed by atoms with Crippen LogP contribution in [-0.4, -0.2) is 18.6 Å². The van der Waals surface area contributed by atoms with Crippen molar-refractivity contribution in [3.8, 4) is 6.07 Å². The zero-order valence-electron chi connectivity index (χ0n) is 9.68. The van der Waals surface area contributed by atoms with E-state index in [-0.39, 0.29) is 0 Å². The smallest absolute Gasteiger partial charge is 0.102 e. The molecule has 3 nitrogen and oxygen atoms in total. The molecule has 0 radical (unpaired) electrons. The molecule has 0 spiro atoms. The number of fused-ring (bicyclic) bond motifs is 1. The highest BCUT2D eigenvalue weighted by molar-refractivity contribution is 6.31. The molecule has 2 rings (SSSR count). The van der Waals surface area contributed by atoms with Crippen LogP contribution in [0.1, 0.15) is 17.7 Å². The van der Waals surface area contributed by atoms with Gasteiger partial charge in [0.25, 0.3) is 0 Å². The maximum absolute atomic E-state index is 9.22. The van der Waals surface area contributed by atoms with Crippen LogP contribution in [0, 0.1) is 11.3 Å². The second kappa shape index (κ2) is 5.22. The highest BCUT2D eigenvalue weighted by Gasteiger charge is 2.10. The third-order valence-electron chi connectivity index (χ3n) is 2.80. The van der Waals surface area contributed by atoms with Crippen molar-refractivity contribution in [3.63, 3.8) is 0 Å². The van der Waals surface area contributed by atoms with Crippen LogP contribution in [-0.2, 0) is 6.42 Å². The number of nitrogens with zero attached hydrogens (tertiary/aromatic N) is 1. The third kappa shape index (κ3) is 2.44. The van der Waals surface area contributed by atoms with Crippen molar-refractivity contribution in [2.75, 3.05) is 13.6 Å². The van der Waals surface area contributed by atoms with Crippen LogP contribution in [0.4, 0.5) is 0 Å². The summed E-state index contributed by atoms with van der Waals surface area (Å²) in [6.45, 7) is 0.945. The maximum Gasteiger partial charge on any atom is 0.102 e. The summed E-state index contributed by atoms with van der Waals surface area (Å²) >= 11 is 5.95. The Kier molecular flexibility index (Phi) is 3.68. The van der Waals surface area contributed by atoms with Crippen LogP contribution in [0.5, 0.6) is 0 Å². The first kappa shape index (κ1) is 12.0. The summed E-state index contributed by atoms with van der Waals surface area (Å²) in [6.07, 6.45) is 1.88. The first-order chi connectivity index (χ1) is 8.26. The van der Waals surface area contributed by atoms with E-state index in [1.165, 1.54) is 0 Å². The van der Waals surface area contributed by atoms with Crippen LogP contribution in [0.2, 0.25) is 5.02 Å². The van der Waals surface area contributed by atoms with Gasteiger partial charge in [0.1, 0.15) is 6.07 Å². The molecule has 0 bridgehead atoms. The van der Waals surface area contributed by atoms with Crippen molar-refractivity contribution in [2.45, 2.75) is 12.8 Å². The molecule has 0 saturated heterocycles. The fraction of sp³-hybridized carbons (Fsp3) is 0.308. The van der Waals surface area contributed by atoms with E-state index in [1.807, 2.05) is 25.2 Å². The number of aryl methyl sites for hydroxylation is 1. The van der Waals surface area contributed by atoms with E-state index in [4.69, 9.17) is 11.6 Å². The van der Waals surface area contributed by atoms with Crippen molar-refractivity contribution in [1.29, 1.82) is 5.26 Å². The number of H-pyrrole nitrogens is 1. The molecule has 0 saturated carbocycles. The van der Waals surface area contributed by atoms with Crippen LogP contribution >= 0.6 is 11.6 Å². The van der Waals surface area contributed by atoms with Gasteiger partial charge in [-0.15, -0.1) is 0 Å². The average molecular weight is 248 g/mol. The third-order valence-corrected chi connectivity index (χ3v) is 3.04. The van der Waals surface area contributed by atoms with E-state index in [0.29, 0.717) is 5.02 Å². The lowest BCUT2D eigenvalue weighted by Crippen LogP contribution is -2.08. The van der Waals surface area contributed by atoms with Gasteiger partial charge in [0, 0.05) is 21.6 Å². The molecule has 0 atom stereocenters. The predicted octanol–water partition coefficient (Wildman–Crippen LogP) is 2.84. The fourth-order valence-corrected chi connectivity index (χ4v) is 2.15. The monoisotopic (exact) mass is 247 g/mol. The van der Waals surface area contributed by atoms with Crippen molar-refractivity contribution in [3.05, 3.63) is 34.5 Å². The van der Waals surface area contributed by atoms with Gasteiger partial charge in [-0.3, -0.25) is 0 Å². The van der Waals surface area contributed by atoms with Crippen molar-refractivity contribution in [2.24, 2.45) is 0 Å². The van der Waals surface area contributed by atoms with Crippen LogP contribution < -0.4 is 5.32 Å². The van der Waals surface area contributed by atoms with Gasteiger partial charge in [-0.2, -0.15) is 5.26 Å². The van der Waals surface area contributed by atoms with Crippen molar-refractivity contribution < 1.29 is 0 Å². The van der Waals surface area contributed by atoms with Gasteiger partial charge in [0.05, 0.1) is 5.56 Å². The lowest BCUT2D eigenvalue weighted by atomic mass is 10.1. The second-order valence-electron chi connectivity index (χ2n) is 3.99. The Hall–Kier alpha value is -1.50. The lowest BCUT2D eigenvalue weighted by Gasteiger charge is -1.98. The summed E-state index contributed by atoms with van der Waals surface area (Å²) in [6, 6.07) is 7.85. The summed E-state index contributed by atoms with van der Waals surface area (Å²) in [5.74, 6) is 0. The molecule has 4 heteroatoms. The molecule has 1 aromatic carbocycles. The molecule has 2 N–H and O–H groups in total. The summed E-state index contributed by atoms with van der Waals surface area (Å²) in [5.41, 5.74) is 2.70. The van der Waals surface area contributed by atoms with E-state index in [1.54, 1.807) is 0 Å². The van der Waals surface area contributed by atoms with E-state index in [9.17, 15) is 5.26 Å². The molecule has 88 valence electrons. The standard InChI is InChI=1S/C13H14ClN3/c1-16-6-2-3-12-11(8-15)10-7-9(14)4-5-13(10)17-12/h4-5,7,16-17H,2-3,6H2,1H3. The number of benzene rings is 1. The van der Waals surface area contributed by atoms with Crippen LogP contribution in [0.3, 0.4) is 0 Å². The van der Waals surface area contributed by atoms with Crippen molar-refractivity contribution >= 4 is 22.5 Å². The number of nitrogens with one attached hydrogen (secondary N) is 2. The van der Waals surface area contributed by atoms with E-state index in [2.05, 4.69) is 16.4 Å². The Morgan fingerprint density at radius 3 is 3.00 bits per heavy atom. The molecule has 0 unspecified atom stereocenters. The van der Waals surface area contributed by atoms with Crippen molar-refractivity contribution in [1.82, 2.24) is 10.3 Å². The number of rotatable bonds is 4. The van der Waals surface area contributed by atoms with Gasteiger partial charge in [-0.05, 0) is 44.6 Å². The summed E-state index contributed by atoms with van der Waals surface area (Å²) in [7, 11) is 1.93. The molecular weight excluding hydrogens is 234 g/mol. The molecule has 0 fully saturated rings. The number of halogens is 1. The number of hydrogen-bond donors (Lipinski definition) is 2. The SMILES string of the molecule is CNCCCc1[nH]c2ccc(Cl)cc2c1C#N. The molecule has 0 amide bonds. The number of aromatic amines is 1. The minimum Gasteiger partial charge on any atom is -0.357 e. The zero-order chi connectivity index (χ0) is 12.3. The van der Waals surface area contributed by atoms with Gasteiger partial charge in [0.2, 0.25) is 0 Å². The number of hydrogen-bond acceptors (Lipinski definition) is 2. The summed E-state index contributed by atoms with van der Waals surface area (Å²) < 4.78 is 0. The largest absolute Gasteiger partial charge is 0.357 e. The molecule has 0 aliphatic carbocycles. The summed E-state index contributed by atoms with van der Waals surface area (Å²) in [5, 5.41) is 13.9. The highest BCUT2D eigenvalue weighted by atomic mass is 35.5. The van der Waals surface area contributed by atoms with Gasteiger partial charge < -0.3 is 10.3 Å². The molecule has 1 aromatic heterocycles. The van der Waals surface area contributed by atoms with Gasteiger partial charge in [-0.1, -0.05) is 11.6 Å². The Balaban J connectivity index is 2.39.